The van der Waals surface area contributed by atoms with Gasteiger partial charge in [0.1, 0.15) is 5.75 Å². The highest BCUT2D eigenvalue weighted by Gasteiger charge is 2.22. The highest BCUT2D eigenvalue weighted by atomic mass is 35.5. The van der Waals surface area contributed by atoms with Gasteiger partial charge in [-0.2, -0.15) is 0 Å². The van der Waals surface area contributed by atoms with E-state index >= 15 is 0 Å². The fourth-order valence-electron chi connectivity index (χ4n) is 2.50. The molecule has 16 heavy (non-hydrogen) atoms. The van der Waals surface area contributed by atoms with Gasteiger partial charge in [0.2, 0.25) is 0 Å². The maximum atomic E-state index is 10.1. The highest BCUT2D eigenvalue weighted by Crippen LogP contribution is 2.39. The van der Waals surface area contributed by atoms with Crippen LogP contribution in [0.2, 0.25) is 5.02 Å². The molecule has 1 aliphatic rings. The van der Waals surface area contributed by atoms with Gasteiger partial charge in [-0.05, 0) is 44.4 Å². The van der Waals surface area contributed by atoms with E-state index in [1.807, 2.05) is 19.9 Å². The van der Waals surface area contributed by atoms with Crippen LogP contribution in [0.3, 0.4) is 0 Å². The lowest BCUT2D eigenvalue weighted by Gasteiger charge is -2.26. The van der Waals surface area contributed by atoms with Crippen LogP contribution < -0.4 is 5.32 Å². The van der Waals surface area contributed by atoms with Crippen LogP contribution in [0.15, 0.2) is 6.07 Å². The summed E-state index contributed by atoms with van der Waals surface area (Å²) in [6, 6.07) is 2.31. The highest BCUT2D eigenvalue weighted by molar-refractivity contribution is 6.32. The van der Waals surface area contributed by atoms with Crippen LogP contribution in [0.25, 0.3) is 0 Å². The van der Waals surface area contributed by atoms with Crippen LogP contribution in [-0.4, -0.2) is 11.7 Å². The molecule has 88 valence electrons. The molecule has 2 rings (SSSR count). The lowest BCUT2D eigenvalue weighted by atomic mass is 9.92. The van der Waals surface area contributed by atoms with E-state index in [0.29, 0.717) is 5.02 Å². The molecular weight excluding hydrogens is 222 g/mol. The molecule has 0 spiro atoms. The van der Waals surface area contributed by atoms with E-state index in [1.54, 1.807) is 0 Å². The molecule has 2 nitrogen and oxygen atoms in total. The van der Waals surface area contributed by atoms with Crippen LogP contribution in [-0.2, 0) is 0 Å². The van der Waals surface area contributed by atoms with E-state index < -0.39 is 0 Å². The largest absolute Gasteiger partial charge is 0.506 e. The molecule has 1 aliphatic heterocycles. The van der Waals surface area contributed by atoms with Gasteiger partial charge in [0, 0.05) is 11.6 Å². The maximum Gasteiger partial charge on any atom is 0.139 e. The summed E-state index contributed by atoms with van der Waals surface area (Å²) >= 11 is 6.10. The first-order valence-electron chi connectivity index (χ1n) is 5.83. The van der Waals surface area contributed by atoms with Crippen molar-refractivity contribution in [2.24, 2.45) is 0 Å². The van der Waals surface area contributed by atoms with E-state index in [2.05, 4.69) is 5.32 Å². The van der Waals surface area contributed by atoms with Gasteiger partial charge in [-0.3, -0.25) is 0 Å². The summed E-state index contributed by atoms with van der Waals surface area (Å²) in [6.45, 7) is 4.98. The Bertz CT molecular complexity index is 397. The van der Waals surface area contributed by atoms with Gasteiger partial charge >= 0.3 is 0 Å². The Morgan fingerprint density at radius 3 is 2.69 bits per heavy atom. The quantitative estimate of drug-likeness (QED) is 0.787. The van der Waals surface area contributed by atoms with E-state index in [-0.39, 0.29) is 11.8 Å². The molecular formula is C13H18ClNO. The zero-order valence-corrected chi connectivity index (χ0v) is 10.6. The monoisotopic (exact) mass is 239 g/mol. The van der Waals surface area contributed by atoms with Crippen LogP contribution in [0.5, 0.6) is 5.75 Å². The lowest BCUT2D eigenvalue weighted by molar-refractivity contribution is 0.389. The Morgan fingerprint density at radius 1 is 1.31 bits per heavy atom. The first kappa shape index (κ1) is 11.7. The molecule has 1 heterocycles. The number of phenolic OH excluding ortho intramolecular Hbond substituents is 1. The number of rotatable bonds is 1. The Balaban J connectivity index is 2.42. The minimum atomic E-state index is 0.256. The van der Waals surface area contributed by atoms with Crippen molar-refractivity contribution < 1.29 is 5.11 Å². The Hall–Kier alpha value is -0.730. The normalized spacial score (nSPS) is 21.1. The lowest BCUT2D eigenvalue weighted by Crippen LogP contribution is -2.27. The van der Waals surface area contributed by atoms with Crippen molar-refractivity contribution in [2.75, 3.05) is 6.54 Å². The maximum absolute atomic E-state index is 10.1. The molecule has 1 fully saturated rings. The summed E-state index contributed by atoms with van der Waals surface area (Å²) in [7, 11) is 0. The molecule has 0 aromatic heterocycles. The minimum Gasteiger partial charge on any atom is -0.506 e. The summed E-state index contributed by atoms with van der Waals surface area (Å²) < 4.78 is 0. The van der Waals surface area contributed by atoms with Crippen molar-refractivity contribution in [3.63, 3.8) is 0 Å². The predicted molar refractivity (Wildman–Crippen MR) is 67.2 cm³/mol. The molecule has 1 aromatic carbocycles. The van der Waals surface area contributed by atoms with E-state index in [9.17, 15) is 5.11 Å². The molecule has 1 unspecified atom stereocenters. The molecule has 1 atom stereocenters. The van der Waals surface area contributed by atoms with Crippen LogP contribution in [0.1, 0.15) is 42.0 Å². The Morgan fingerprint density at radius 2 is 2.06 bits per heavy atom. The van der Waals surface area contributed by atoms with E-state index in [1.165, 1.54) is 12.8 Å². The fourth-order valence-corrected chi connectivity index (χ4v) is 2.65. The molecule has 0 radical (unpaired) electrons. The van der Waals surface area contributed by atoms with Crippen molar-refractivity contribution in [1.82, 2.24) is 5.32 Å². The van der Waals surface area contributed by atoms with Crippen molar-refractivity contribution in [1.29, 1.82) is 0 Å². The van der Waals surface area contributed by atoms with Gasteiger partial charge < -0.3 is 10.4 Å². The number of halogens is 1. The molecule has 0 amide bonds. The predicted octanol–water partition coefficient (Wildman–Crippen LogP) is 3.48. The first-order chi connectivity index (χ1) is 7.61. The summed E-state index contributed by atoms with van der Waals surface area (Å²) in [5.74, 6) is 0.263. The standard InChI is InChI=1S/C13H18ClNO/c1-8-7-9(2)12(14)13(16)11(8)10-5-3-4-6-15-10/h7,10,15-16H,3-6H2,1-2H3. The number of benzene rings is 1. The molecule has 0 saturated carbocycles. The van der Waals surface area contributed by atoms with Crippen molar-refractivity contribution in [2.45, 2.75) is 39.2 Å². The summed E-state index contributed by atoms with van der Waals surface area (Å²) in [5, 5.41) is 14.1. The second kappa shape index (κ2) is 4.64. The zero-order valence-electron chi connectivity index (χ0n) is 9.81. The van der Waals surface area contributed by atoms with Crippen molar-refractivity contribution in [3.8, 4) is 5.75 Å². The zero-order chi connectivity index (χ0) is 11.7. The SMILES string of the molecule is Cc1cc(C)c(C2CCCCN2)c(O)c1Cl. The minimum absolute atomic E-state index is 0.256. The second-order valence-corrected chi connectivity index (χ2v) is 4.97. The smallest absolute Gasteiger partial charge is 0.139 e. The average Bonchev–Trinajstić information content (AvgIpc) is 2.28. The third-order valence-corrected chi connectivity index (χ3v) is 3.80. The second-order valence-electron chi connectivity index (χ2n) is 4.59. The molecule has 3 heteroatoms. The van der Waals surface area contributed by atoms with Crippen LogP contribution >= 0.6 is 11.6 Å². The number of aryl methyl sites for hydroxylation is 2. The summed E-state index contributed by atoms with van der Waals surface area (Å²) in [4.78, 5) is 0. The first-order valence-corrected chi connectivity index (χ1v) is 6.21. The van der Waals surface area contributed by atoms with Crippen molar-refractivity contribution in [3.05, 3.63) is 27.8 Å². The van der Waals surface area contributed by atoms with Gasteiger partial charge in [-0.15, -0.1) is 0 Å². The average molecular weight is 240 g/mol. The molecule has 1 saturated heterocycles. The summed E-state index contributed by atoms with van der Waals surface area (Å²) in [5.41, 5.74) is 3.05. The third kappa shape index (κ3) is 2.04. The van der Waals surface area contributed by atoms with E-state index in [4.69, 9.17) is 11.6 Å². The number of hydrogen-bond acceptors (Lipinski definition) is 2. The fraction of sp³-hybridized carbons (Fsp3) is 0.538. The Labute approximate surface area is 102 Å². The van der Waals surface area contributed by atoms with Crippen LogP contribution in [0, 0.1) is 13.8 Å². The number of nitrogens with one attached hydrogen (secondary N) is 1. The van der Waals surface area contributed by atoms with Gasteiger partial charge in [-0.25, -0.2) is 0 Å². The topological polar surface area (TPSA) is 32.3 Å². The number of hydrogen-bond donors (Lipinski definition) is 2. The van der Waals surface area contributed by atoms with Gasteiger partial charge in [0.05, 0.1) is 5.02 Å². The van der Waals surface area contributed by atoms with Crippen molar-refractivity contribution >= 4 is 11.6 Å². The number of aromatic hydroxyl groups is 1. The molecule has 0 bridgehead atoms. The molecule has 0 aliphatic carbocycles. The van der Waals surface area contributed by atoms with Gasteiger partial charge in [0.15, 0.2) is 0 Å². The number of phenols is 1. The Kier molecular flexibility index (Phi) is 3.41. The molecule has 2 N–H and O–H groups in total. The van der Waals surface area contributed by atoms with Gasteiger partial charge in [-0.1, -0.05) is 24.1 Å². The van der Waals surface area contributed by atoms with Crippen LogP contribution in [0.4, 0.5) is 0 Å². The molecule has 1 aromatic rings. The van der Waals surface area contributed by atoms with E-state index in [0.717, 1.165) is 29.7 Å². The summed E-state index contributed by atoms with van der Waals surface area (Å²) in [6.07, 6.45) is 3.51. The van der Waals surface area contributed by atoms with Gasteiger partial charge in [0.25, 0.3) is 0 Å². The third-order valence-electron chi connectivity index (χ3n) is 3.33. The number of piperidine rings is 1.